The standard InChI is InChI=1S/C40H34N6O9/c47-23-26-5-11-31(12-6-26)43-40-45-38(41-29-7-1-24(2-8-29)13-15-54-36(52)27-17-32(48)21-33(49)18-27)44-39(46-40)42-30-9-3-25(4-10-30)14-16-55-37(53)28-19-34(50)22-35(51)20-28/h1-12,17-23,48-51H,13-16H2,(H3,41,42,43,44,45,46). The number of aldehydes is 1. The molecule has 6 rings (SSSR count). The van der Waals surface area contributed by atoms with Crippen molar-refractivity contribution in [3.63, 3.8) is 0 Å². The predicted molar refractivity (Wildman–Crippen MR) is 202 cm³/mol. The number of nitrogens with one attached hydrogen (secondary N) is 3. The number of benzene rings is 5. The molecule has 0 aliphatic carbocycles. The largest absolute Gasteiger partial charge is 0.508 e. The molecule has 0 saturated carbocycles. The highest BCUT2D eigenvalue weighted by atomic mass is 16.5. The number of rotatable bonds is 15. The first kappa shape index (κ1) is 37.1. The molecule has 0 bridgehead atoms. The lowest BCUT2D eigenvalue weighted by atomic mass is 10.1. The minimum Gasteiger partial charge on any atom is -0.508 e. The third-order valence-corrected chi connectivity index (χ3v) is 7.88. The van der Waals surface area contributed by atoms with Crippen LogP contribution in [0.1, 0.15) is 42.2 Å². The average molecular weight is 743 g/mol. The number of nitrogens with zero attached hydrogens (tertiary/aromatic N) is 3. The monoisotopic (exact) mass is 742 g/mol. The van der Waals surface area contributed by atoms with E-state index in [1.54, 1.807) is 24.3 Å². The van der Waals surface area contributed by atoms with Crippen molar-refractivity contribution in [3.8, 4) is 23.0 Å². The molecule has 0 atom stereocenters. The number of aromatic hydroxyl groups is 4. The first-order chi connectivity index (χ1) is 26.6. The van der Waals surface area contributed by atoms with E-state index < -0.39 is 11.9 Å². The van der Waals surface area contributed by atoms with Crippen molar-refractivity contribution in [2.75, 3.05) is 29.2 Å². The highest BCUT2D eigenvalue weighted by molar-refractivity contribution is 5.91. The molecule has 278 valence electrons. The van der Waals surface area contributed by atoms with Crippen molar-refractivity contribution in [1.29, 1.82) is 0 Å². The Kier molecular flexibility index (Phi) is 11.6. The highest BCUT2D eigenvalue weighted by Gasteiger charge is 2.13. The van der Waals surface area contributed by atoms with Crippen LogP contribution in [-0.4, -0.2) is 66.8 Å². The Bertz CT molecular complexity index is 2130. The van der Waals surface area contributed by atoms with Crippen LogP contribution >= 0.6 is 0 Å². The molecule has 0 unspecified atom stereocenters. The number of ether oxygens (including phenoxy) is 2. The van der Waals surface area contributed by atoms with Crippen LogP contribution in [0.5, 0.6) is 23.0 Å². The van der Waals surface area contributed by atoms with E-state index in [1.165, 1.54) is 24.3 Å². The Morgan fingerprint density at radius 1 is 0.509 bits per heavy atom. The van der Waals surface area contributed by atoms with Crippen LogP contribution in [0.3, 0.4) is 0 Å². The number of esters is 2. The van der Waals surface area contributed by atoms with Crippen LogP contribution in [-0.2, 0) is 22.3 Å². The third kappa shape index (κ3) is 10.7. The summed E-state index contributed by atoms with van der Waals surface area (Å²) in [5, 5.41) is 47.9. The van der Waals surface area contributed by atoms with E-state index >= 15 is 0 Å². The van der Waals surface area contributed by atoms with Gasteiger partial charge in [0.05, 0.1) is 24.3 Å². The number of phenolic OH excluding ortho intramolecular Hbond substituents is 4. The van der Waals surface area contributed by atoms with Gasteiger partial charge in [0, 0.05) is 47.6 Å². The fraction of sp³-hybridized carbons (Fsp3) is 0.100. The minimum atomic E-state index is -0.670. The molecule has 55 heavy (non-hydrogen) atoms. The first-order valence-corrected chi connectivity index (χ1v) is 16.8. The highest BCUT2D eigenvalue weighted by Crippen LogP contribution is 2.24. The smallest absolute Gasteiger partial charge is 0.338 e. The van der Waals surface area contributed by atoms with Crippen molar-refractivity contribution < 1.29 is 44.3 Å². The zero-order chi connectivity index (χ0) is 38.7. The van der Waals surface area contributed by atoms with E-state index in [0.29, 0.717) is 35.5 Å². The number of hydrogen-bond acceptors (Lipinski definition) is 15. The summed E-state index contributed by atoms with van der Waals surface area (Å²) < 4.78 is 10.6. The lowest BCUT2D eigenvalue weighted by Crippen LogP contribution is -2.09. The second-order valence-corrected chi connectivity index (χ2v) is 12.1. The Balaban J connectivity index is 1.09. The molecular formula is C40H34N6O9. The summed E-state index contributed by atoms with van der Waals surface area (Å²) in [5.41, 5.74) is 4.34. The number of phenols is 4. The van der Waals surface area contributed by atoms with Crippen LogP contribution in [0.2, 0.25) is 0 Å². The first-order valence-electron chi connectivity index (χ1n) is 16.8. The molecule has 0 aliphatic heterocycles. The van der Waals surface area contributed by atoms with Gasteiger partial charge in [-0.2, -0.15) is 15.0 Å². The molecule has 7 N–H and O–H groups in total. The Hall–Kier alpha value is -7.68. The maximum atomic E-state index is 12.3. The van der Waals surface area contributed by atoms with Gasteiger partial charge in [0.2, 0.25) is 17.8 Å². The molecule has 1 heterocycles. The third-order valence-electron chi connectivity index (χ3n) is 7.88. The van der Waals surface area contributed by atoms with Gasteiger partial charge in [-0.15, -0.1) is 0 Å². The Morgan fingerprint density at radius 3 is 1.16 bits per heavy atom. The summed E-state index contributed by atoms with van der Waals surface area (Å²) in [5.74, 6) is -1.65. The van der Waals surface area contributed by atoms with Gasteiger partial charge < -0.3 is 45.9 Å². The van der Waals surface area contributed by atoms with E-state index in [-0.39, 0.29) is 65.2 Å². The summed E-state index contributed by atoms with van der Waals surface area (Å²) >= 11 is 0. The van der Waals surface area contributed by atoms with Crippen LogP contribution in [0.15, 0.2) is 109 Å². The fourth-order valence-corrected chi connectivity index (χ4v) is 5.20. The van der Waals surface area contributed by atoms with Gasteiger partial charge in [0.15, 0.2) is 0 Å². The second kappa shape index (κ2) is 17.2. The van der Waals surface area contributed by atoms with Crippen molar-refractivity contribution in [2.24, 2.45) is 0 Å². The molecule has 15 nitrogen and oxygen atoms in total. The van der Waals surface area contributed by atoms with Gasteiger partial charge in [0.1, 0.15) is 29.3 Å². The fourth-order valence-electron chi connectivity index (χ4n) is 5.20. The average Bonchev–Trinajstić information content (AvgIpc) is 3.15. The molecule has 0 spiro atoms. The van der Waals surface area contributed by atoms with Crippen LogP contribution in [0.4, 0.5) is 34.9 Å². The van der Waals surface area contributed by atoms with E-state index in [4.69, 9.17) is 9.47 Å². The van der Waals surface area contributed by atoms with Crippen molar-refractivity contribution in [1.82, 2.24) is 15.0 Å². The van der Waals surface area contributed by atoms with Crippen LogP contribution < -0.4 is 16.0 Å². The molecule has 6 aromatic rings. The predicted octanol–water partition coefficient (Wildman–Crippen LogP) is 6.54. The maximum absolute atomic E-state index is 12.3. The van der Waals surface area contributed by atoms with Gasteiger partial charge in [-0.3, -0.25) is 4.79 Å². The molecule has 0 radical (unpaired) electrons. The van der Waals surface area contributed by atoms with Crippen molar-refractivity contribution in [2.45, 2.75) is 12.8 Å². The van der Waals surface area contributed by atoms with Crippen molar-refractivity contribution >= 4 is 53.1 Å². The zero-order valence-electron chi connectivity index (χ0n) is 29.0. The Labute approximate surface area is 313 Å². The maximum Gasteiger partial charge on any atom is 0.338 e. The number of carbonyl (C=O) groups excluding carboxylic acids is 3. The SMILES string of the molecule is O=Cc1ccc(Nc2nc(Nc3ccc(CCOC(=O)c4cc(O)cc(O)c4)cc3)nc(Nc3ccc(CCOC(=O)c4cc(O)cc(O)c4)cc3)n2)cc1. The normalized spacial score (nSPS) is 10.6. The topological polar surface area (TPSA) is 225 Å². The van der Waals surface area contributed by atoms with E-state index in [1.807, 2.05) is 48.5 Å². The molecule has 0 fully saturated rings. The number of hydrogen-bond donors (Lipinski definition) is 7. The van der Waals surface area contributed by atoms with Crippen LogP contribution in [0, 0.1) is 0 Å². The van der Waals surface area contributed by atoms with Crippen molar-refractivity contribution in [3.05, 3.63) is 137 Å². The number of anilines is 6. The summed E-state index contributed by atoms with van der Waals surface area (Å²) in [4.78, 5) is 49.3. The van der Waals surface area contributed by atoms with E-state index in [9.17, 15) is 34.8 Å². The van der Waals surface area contributed by atoms with Crippen LogP contribution in [0.25, 0.3) is 0 Å². The zero-order valence-corrected chi connectivity index (χ0v) is 29.0. The van der Waals surface area contributed by atoms with Gasteiger partial charge in [-0.1, -0.05) is 24.3 Å². The lowest BCUT2D eigenvalue weighted by molar-refractivity contribution is 0.0499. The molecule has 0 aliphatic rings. The van der Waals surface area contributed by atoms with Gasteiger partial charge in [-0.25, -0.2) is 9.59 Å². The number of carbonyl (C=O) groups is 3. The molecule has 5 aromatic carbocycles. The van der Waals surface area contributed by atoms with Gasteiger partial charge in [-0.05, 0) is 83.9 Å². The summed E-state index contributed by atoms with van der Waals surface area (Å²) in [7, 11) is 0. The summed E-state index contributed by atoms with van der Waals surface area (Å²) in [6.07, 6.45) is 1.59. The molecule has 1 aromatic heterocycles. The molecule has 0 amide bonds. The van der Waals surface area contributed by atoms with Gasteiger partial charge >= 0.3 is 11.9 Å². The minimum absolute atomic E-state index is 0.0402. The Morgan fingerprint density at radius 2 is 0.836 bits per heavy atom. The second-order valence-electron chi connectivity index (χ2n) is 12.1. The summed E-state index contributed by atoms with van der Waals surface area (Å²) in [6, 6.07) is 28.5. The number of aromatic nitrogens is 3. The molecular weight excluding hydrogens is 708 g/mol. The van der Waals surface area contributed by atoms with E-state index in [2.05, 4.69) is 30.9 Å². The molecule has 0 saturated heterocycles. The lowest BCUT2D eigenvalue weighted by Gasteiger charge is -2.12. The van der Waals surface area contributed by atoms with Gasteiger partial charge in [0.25, 0.3) is 0 Å². The van der Waals surface area contributed by atoms with E-state index in [0.717, 1.165) is 29.5 Å². The summed E-state index contributed by atoms with van der Waals surface area (Å²) in [6.45, 7) is 0.155. The molecule has 15 heteroatoms. The quantitative estimate of drug-likeness (QED) is 0.0438.